The zero-order valence-corrected chi connectivity index (χ0v) is 28.6. The second-order valence-electron chi connectivity index (χ2n) is 12.3. The van der Waals surface area contributed by atoms with Crippen LogP contribution >= 0.6 is 22.9 Å². The lowest BCUT2D eigenvalue weighted by molar-refractivity contribution is -0.122. The SMILES string of the molecule is Cc1sc2c(c1C)C(c1ccc(Cl)cc1)=N[C@]([Si])(CC(=O)NCCOC1CCN(C(=O)OC(C)(C)C)CC1)c1nnc(C)n1-2. The number of hydrogen-bond acceptors (Lipinski definition) is 8. The maximum Gasteiger partial charge on any atom is 0.410 e. The number of benzene rings is 1. The van der Waals surface area contributed by atoms with Gasteiger partial charge in [0.15, 0.2) is 5.82 Å². The fourth-order valence-electron chi connectivity index (χ4n) is 5.39. The Morgan fingerprint density at radius 3 is 2.48 bits per heavy atom. The van der Waals surface area contributed by atoms with Crippen molar-refractivity contribution in [2.45, 2.75) is 77.7 Å². The van der Waals surface area contributed by atoms with Crippen LogP contribution in [-0.4, -0.2) is 85.6 Å². The molecule has 10 nitrogen and oxygen atoms in total. The van der Waals surface area contributed by atoms with Crippen LogP contribution in [-0.2, 0) is 19.4 Å². The molecule has 233 valence electrons. The smallest absolute Gasteiger partial charge is 0.410 e. The van der Waals surface area contributed by atoms with E-state index in [0.29, 0.717) is 42.9 Å². The van der Waals surface area contributed by atoms with Gasteiger partial charge in [-0.05, 0) is 72.1 Å². The molecular weight excluding hydrogens is 616 g/mol. The molecule has 2 aliphatic heterocycles. The second kappa shape index (κ2) is 12.7. The Morgan fingerprint density at radius 1 is 1.14 bits per heavy atom. The number of carbonyl (C=O) groups is 2. The molecule has 0 bridgehead atoms. The summed E-state index contributed by atoms with van der Waals surface area (Å²) >= 11 is 7.87. The number of thiophene rings is 1. The fourth-order valence-corrected chi connectivity index (χ4v) is 7.16. The highest BCUT2D eigenvalue weighted by Gasteiger charge is 2.40. The molecule has 1 aromatic carbocycles. The van der Waals surface area contributed by atoms with Gasteiger partial charge in [-0.25, -0.2) is 4.79 Å². The van der Waals surface area contributed by atoms with Crippen LogP contribution in [0.4, 0.5) is 4.79 Å². The van der Waals surface area contributed by atoms with Crippen LogP contribution in [0.1, 0.15) is 73.2 Å². The van der Waals surface area contributed by atoms with E-state index in [2.05, 4.69) is 39.6 Å². The van der Waals surface area contributed by atoms with Crippen molar-refractivity contribution in [3.05, 3.63) is 62.5 Å². The van der Waals surface area contributed by atoms with Gasteiger partial charge in [-0.15, -0.1) is 21.5 Å². The summed E-state index contributed by atoms with van der Waals surface area (Å²) < 4.78 is 13.5. The molecule has 13 heteroatoms. The summed E-state index contributed by atoms with van der Waals surface area (Å²) in [6.45, 7) is 13.5. The van der Waals surface area contributed by atoms with E-state index in [4.69, 9.17) is 26.1 Å². The molecule has 2 aromatic heterocycles. The second-order valence-corrected chi connectivity index (χ2v) is 14.7. The van der Waals surface area contributed by atoms with Crippen molar-refractivity contribution in [3.63, 3.8) is 0 Å². The van der Waals surface area contributed by atoms with E-state index in [0.717, 1.165) is 40.2 Å². The van der Waals surface area contributed by atoms with Gasteiger partial charge in [-0.3, -0.25) is 14.4 Å². The Balaban J connectivity index is 1.27. The third-order valence-corrected chi connectivity index (χ3v) is 9.67. The van der Waals surface area contributed by atoms with Gasteiger partial charge in [0.2, 0.25) is 5.91 Å². The van der Waals surface area contributed by atoms with Gasteiger partial charge < -0.3 is 19.7 Å². The molecule has 1 atom stereocenters. The molecule has 1 saturated heterocycles. The first-order valence-electron chi connectivity index (χ1n) is 14.8. The van der Waals surface area contributed by atoms with Gasteiger partial charge in [0.05, 0.1) is 35.1 Å². The number of aromatic nitrogens is 3. The van der Waals surface area contributed by atoms with E-state index in [1.165, 1.54) is 4.88 Å². The molecule has 1 fully saturated rings. The van der Waals surface area contributed by atoms with Gasteiger partial charge in [-0.2, -0.15) is 0 Å². The predicted molar refractivity (Wildman–Crippen MR) is 172 cm³/mol. The molecule has 3 radical (unpaired) electrons. The number of carbonyl (C=O) groups excluding carboxylic acids is 2. The number of rotatable bonds is 7. The van der Waals surface area contributed by atoms with Crippen LogP contribution in [0.15, 0.2) is 29.3 Å². The first-order valence-corrected chi connectivity index (χ1v) is 16.5. The minimum atomic E-state index is -1.17. The van der Waals surface area contributed by atoms with Crippen molar-refractivity contribution in [3.8, 4) is 5.00 Å². The van der Waals surface area contributed by atoms with Gasteiger partial charge in [0.25, 0.3) is 0 Å². The summed E-state index contributed by atoms with van der Waals surface area (Å²) in [7, 11) is 3.91. The number of aliphatic imine (C=N–C) groups is 1. The monoisotopic (exact) mass is 653 g/mol. The molecule has 4 heterocycles. The number of nitrogens with one attached hydrogen (secondary N) is 1. The molecule has 0 spiro atoms. The Kier molecular flexibility index (Phi) is 9.36. The van der Waals surface area contributed by atoms with Crippen LogP contribution in [0.25, 0.3) is 5.00 Å². The zero-order chi connectivity index (χ0) is 31.8. The Labute approximate surface area is 270 Å². The van der Waals surface area contributed by atoms with E-state index >= 15 is 0 Å². The van der Waals surface area contributed by atoms with E-state index in [-0.39, 0.29) is 24.5 Å². The minimum Gasteiger partial charge on any atom is -0.444 e. The number of hydrogen-bond donors (Lipinski definition) is 1. The van der Waals surface area contributed by atoms with Crippen molar-refractivity contribution >= 4 is 50.9 Å². The van der Waals surface area contributed by atoms with Crippen molar-refractivity contribution in [1.29, 1.82) is 0 Å². The molecule has 5 rings (SSSR count). The topological polar surface area (TPSA) is 111 Å². The fraction of sp³-hybridized carbons (Fsp3) is 0.516. The first kappa shape index (κ1) is 32.3. The zero-order valence-electron chi connectivity index (χ0n) is 26.0. The molecule has 0 saturated carbocycles. The van der Waals surface area contributed by atoms with Crippen LogP contribution in [0, 0.1) is 20.8 Å². The van der Waals surface area contributed by atoms with Gasteiger partial charge in [0, 0.05) is 40.7 Å². The number of ether oxygens (including phenoxy) is 2. The standard InChI is InChI=1S/C31H38ClN6O4SSi/c1-18-19(2)43-27-25(18)26(21-7-9-22(32)10-8-21)34-31(44,28-36-35-20(3)38(27)28)17-24(39)33-13-16-41-23-11-14-37(15-12-23)29(40)42-30(4,5)6/h7-10,23H,11-17H2,1-6H3,(H,33,39)/t31-/m0/s1. The van der Waals surface area contributed by atoms with Crippen LogP contribution < -0.4 is 5.32 Å². The number of aryl methyl sites for hydroxylation is 2. The number of fused-ring (bicyclic) bond motifs is 3. The maximum absolute atomic E-state index is 13.4. The number of nitrogens with zero attached hydrogens (tertiary/aromatic N) is 5. The summed E-state index contributed by atoms with van der Waals surface area (Å²) in [6, 6.07) is 7.57. The van der Waals surface area contributed by atoms with E-state index < -0.39 is 10.8 Å². The van der Waals surface area contributed by atoms with Crippen molar-refractivity contribution in [2.24, 2.45) is 4.99 Å². The van der Waals surface area contributed by atoms with Crippen molar-refractivity contribution in [1.82, 2.24) is 25.0 Å². The third kappa shape index (κ3) is 6.93. The molecular formula is C31H38ClN6O4SSi. The van der Waals surface area contributed by atoms with E-state index in [1.54, 1.807) is 16.2 Å². The Bertz CT molecular complexity index is 1570. The van der Waals surface area contributed by atoms with Gasteiger partial charge in [0.1, 0.15) is 21.6 Å². The largest absolute Gasteiger partial charge is 0.444 e. The average molecular weight is 654 g/mol. The number of piperidine rings is 1. The highest BCUT2D eigenvalue weighted by Crippen LogP contribution is 2.41. The number of amides is 2. The molecule has 2 amide bonds. The summed E-state index contributed by atoms with van der Waals surface area (Å²) in [6.07, 6.45) is 1.17. The maximum atomic E-state index is 13.4. The van der Waals surface area contributed by atoms with Crippen LogP contribution in [0.5, 0.6) is 0 Å². The third-order valence-electron chi connectivity index (χ3n) is 7.71. The van der Waals surface area contributed by atoms with Crippen molar-refractivity contribution < 1.29 is 19.1 Å². The number of halogens is 1. The number of likely N-dealkylation sites (tertiary alicyclic amines) is 1. The van der Waals surface area contributed by atoms with Crippen molar-refractivity contribution in [2.75, 3.05) is 26.2 Å². The van der Waals surface area contributed by atoms with Crippen LogP contribution in [0.3, 0.4) is 0 Å². The first-order chi connectivity index (χ1) is 20.8. The van der Waals surface area contributed by atoms with E-state index in [1.807, 2.05) is 56.5 Å². The summed E-state index contributed by atoms with van der Waals surface area (Å²) in [4.78, 5) is 33.8. The molecule has 2 aliphatic rings. The normalized spacial score (nSPS) is 18.7. The Hall–Kier alpha value is -3.06. The average Bonchev–Trinajstić information content (AvgIpc) is 3.45. The highest BCUT2D eigenvalue weighted by atomic mass is 35.5. The van der Waals surface area contributed by atoms with Gasteiger partial charge >= 0.3 is 6.09 Å². The quantitative estimate of drug-likeness (QED) is 0.284. The molecule has 44 heavy (non-hydrogen) atoms. The Morgan fingerprint density at radius 2 is 1.82 bits per heavy atom. The lowest BCUT2D eigenvalue weighted by Crippen LogP contribution is -2.44. The molecule has 0 aliphatic carbocycles. The highest BCUT2D eigenvalue weighted by molar-refractivity contribution is 7.15. The molecule has 1 N–H and O–H groups in total. The lowest BCUT2D eigenvalue weighted by atomic mass is 9.99. The molecule has 3 aromatic rings. The predicted octanol–water partition coefficient (Wildman–Crippen LogP) is 5.00. The summed E-state index contributed by atoms with van der Waals surface area (Å²) in [5.41, 5.74) is 3.24. The van der Waals surface area contributed by atoms with E-state index in [9.17, 15) is 9.59 Å². The lowest BCUT2D eigenvalue weighted by Gasteiger charge is -2.33. The minimum absolute atomic E-state index is 0.000357. The summed E-state index contributed by atoms with van der Waals surface area (Å²) in [5.74, 6) is 1.05. The summed E-state index contributed by atoms with van der Waals surface area (Å²) in [5, 5.41) is 12.3. The molecule has 0 unspecified atom stereocenters. The van der Waals surface area contributed by atoms with Gasteiger partial charge in [-0.1, -0.05) is 23.7 Å². The van der Waals surface area contributed by atoms with Crippen LogP contribution in [0.2, 0.25) is 5.02 Å².